The molecule has 0 spiro atoms. The van der Waals surface area contributed by atoms with Crippen LogP contribution in [-0.2, 0) is 0 Å². The lowest BCUT2D eigenvalue weighted by molar-refractivity contribution is -0.385. The Hall–Kier alpha value is -2.90. The minimum Gasteiger partial charge on any atom is -0.432 e. The largest absolute Gasteiger partial charge is 0.432 e. The number of para-hydroxylation sites is 2. The molecule has 0 aliphatic heterocycles. The first-order valence-electron chi connectivity index (χ1n) is 8.03. The van der Waals surface area contributed by atoms with Gasteiger partial charge in [-0.2, -0.15) is 5.10 Å². The highest BCUT2D eigenvalue weighted by molar-refractivity contribution is 5.94. The molecule has 1 aromatic heterocycles. The van der Waals surface area contributed by atoms with Crippen LogP contribution in [0.25, 0.3) is 0 Å². The lowest BCUT2D eigenvalue weighted by Crippen LogP contribution is -2.31. The van der Waals surface area contributed by atoms with Crippen LogP contribution in [0.2, 0.25) is 0 Å². The molecule has 0 saturated carbocycles. The topological polar surface area (TPSA) is 99.3 Å². The monoisotopic (exact) mass is 346 g/mol. The number of nitro groups is 1. The number of rotatable bonds is 6. The van der Waals surface area contributed by atoms with Gasteiger partial charge in [-0.25, -0.2) is 4.68 Å². The van der Waals surface area contributed by atoms with Gasteiger partial charge in [-0.3, -0.25) is 14.9 Å². The number of aromatic nitrogens is 2. The average molecular weight is 346 g/mol. The molecule has 0 saturated heterocycles. The van der Waals surface area contributed by atoms with Crippen LogP contribution in [0.3, 0.4) is 0 Å². The number of benzene rings is 1. The van der Waals surface area contributed by atoms with Crippen molar-refractivity contribution in [1.29, 1.82) is 0 Å². The van der Waals surface area contributed by atoms with Crippen molar-refractivity contribution in [3.8, 4) is 11.6 Å². The molecule has 134 valence electrons. The molecule has 0 unspecified atom stereocenters. The van der Waals surface area contributed by atoms with Crippen molar-refractivity contribution < 1.29 is 14.5 Å². The van der Waals surface area contributed by atoms with Crippen LogP contribution < -0.4 is 10.1 Å². The van der Waals surface area contributed by atoms with E-state index in [1.54, 1.807) is 23.7 Å². The second-order valence-corrected chi connectivity index (χ2v) is 6.27. The number of hydrogen-bond acceptors (Lipinski definition) is 5. The maximum absolute atomic E-state index is 12.3. The molecule has 8 nitrogen and oxygen atoms in total. The molecule has 8 heteroatoms. The van der Waals surface area contributed by atoms with Gasteiger partial charge in [-0.15, -0.1) is 0 Å². The lowest BCUT2D eigenvalue weighted by Gasteiger charge is -2.12. The number of nitro benzene ring substituents is 1. The van der Waals surface area contributed by atoms with E-state index in [0.717, 1.165) is 0 Å². The Morgan fingerprint density at radius 3 is 2.48 bits per heavy atom. The van der Waals surface area contributed by atoms with Gasteiger partial charge < -0.3 is 10.1 Å². The summed E-state index contributed by atoms with van der Waals surface area (Å²) in [5.41, 5.74) is 0.632. The highest BCUT2D eigenvalue weighted by Gasteiger charge is 2.25. The number of nitrogens with one attached hydrogen (secondary N) is 1. The van der Waals surface area contributed by atoms with Gasteiger partial charge in [0.05, 0.1) is 11.0 Å². The Kier molecular flexibility index (Phi) is 5.41. The van der Waals surface area contributed by atoms with Gasteiger partial charge in [-0.1, -0.05) is 12.1 Å². The zero-order valence-corrected chi connectivity index (χ0v) is 14.9. The predicted octanol–water partition coefficient (Wildman–Crippen LogP) is 3.61. The molecule has 2 rings (SSSR count). The normalized spacial score (nSPS) is 11.0. The third kappa shape index (κ3) is 3.96. The molecule has 0 bridgehead atoms. The maximum atomic E-state index is 12.3. The first kappa shape index (κ1) is 18.4. The number of carbonyl (C=O) groups is 1. The van der Waals surface area contributed by atoms with E-state index in [4.69, 9.17) is 4.74 Å². The summed E-state index contributed by atoms with van der Waals surface area (Å²) >= 11 is 0. The van der Waals surface area contributed by atoms with E-state index in [-0.39, 0.29) is 35.1 Å². The van der Waals surface area contributed by atoms with Gasteiger partial charge in [0.1, 0.15) is 0 Å². The standard InChI is InChI=1S/C17H22N4O4/c1-10(2)18-16(22)15-12(5)17(20(19-15)11(3)4)25-14-9-7-6-8-13(14)21(23)24/h6-11H,1-5H3,(H,18,22). The average Bonchev–Trinajstić information content (AvgIpc) is 2.84. The van der Waals surface area contributed by atoms with E-state index in [9.17, 15) is 14.9 Å². The summed E-state index contributed by atoms with van der Waals surface area (Å²) in [5.74, 6) is 0.116. The maximum Gasteiger partial charge on any atom is 0.311 e. The molecule has 0 atom stereocenters. The zero-order valence-electron chi connectivity index (χ0n) is 14.9. The second kappa shape index (κ2) is 7.33. The third-order valence-electron chi connectivity index (χ3n) is 3.48. The highest BCUT2D eigenvalue weighted by Crippen LogP contribution is 2.34. The van der Waals surface area contributed by atoms with E-state index in [0.29, 0.717) is 11.4 Å². The van der Waals surface area contributed by atoms with Crippen LogP contribution in [0.15, 0.2) is 24.3 Å². The van der Waals surface area contributed by atoms with Crippen molar-refractivity contribution in [3.63, 3.8) is 0 Å². The van der Waals surface area contributed by atoms with Crippen LogP contribution in [0.1, 0.15) is 49.8 Å². The van der Waals surface area contributed by atoms with Gasteiger partial charge in [0, 0.05) is 17.7 Å². The summed E-state index contributed by atoms with van der Waals surface area (Å²) in [6.45, 7) is 9.21. The van der Waals surface area contributed by atoms with Crippen molar-refractivity contribution in [2.24, 2.45) is 0 Å². The van der Waals surface area contributed by atoms with Gasteiger partial charge in [-0.05, 0) is 40.7 Å². The van der Waals surface area contributed by atoms with Crippen molar-refractivity contribution in [2.45, 2.75) is 46.7 Å². The lowest BCUT2D eigenvalue weighted by atomic mass is 10.2. The number of ether oxygens (including phenoxy) is 1. The Labute approximate surface area is 145 Å². The molecule has 0 radical (unpaired) electrons. The molecule has 0 aliphatic carbocycles. The summed E-state index contributed by atoms with van der Waals surface area (Å²) in [6, 6.07) is 5.99. The summed E-state index contributed by atoms with van der Waals surface area (Å²) in [6.07, 6.45) is 0. The quantitative estimate of drug-likeness (QED) is 0.636. The van der Waals surface area contributed by atoms with E-state index in [1.807, 2.05) is 27.7 Å². The van der Waals surface area contributed by atoms with Gasteiger partial charge >= 0.3 is 5.69 Å². The summed E-state index contributed by atoms with van der Waals surface area (Å²) in [5, 5.41) is 18.3. The molecule has 1 aromatic carbocycles. The van der Waals surface area contributed by atoms with Crippen LogP contribution in [0, 0.1) is 17.0 Å². The smallest absolute Gasteiger partial charge is 0.311 e. The molecular formula is C17H22N4O4. The Bertz CT molecular complexity index is 796. The fourth-order valence-electron chi connectivity index (χ4n) is 2.32. The number of nitrogens with zero attached hydrogens (tertiary/aromatic N) is 3. The molecule has 0 aliphatic rings. The predicted molar refractivity (Wildman–Crippen MR) is 93.1 cm³/mol. The fraction of sp³-hybridized carbons (Fsp3) is 0.412. The number of amides is 1. The Balaban J connectivity index is 2.49. The van der Waals surface area contributed by atoms with Gasteiger partial charge in [0.25, 0.3) is 5.91 Å². The SMILES string of the molecule is Cc1c(C(=O)NC(C)C)nn(C(C)C)c1Oc1ccccc1[N+](=O)[O-]. The molecule has 2 aromatic rings. The van der Waals surface area contributed by atoms with Crippen LogP contribution in [-0.4, -0.2) is 26.7 Å². The first-order valence-corrected chi connectivity index (χ1v) is 8.03. The van der Waals surface area contributed by atoms with Crippen LogP contribution in [0.4, 0.5) is 5.69 Å². The Morgan fingerprint density at radius 1 is 1.28 bits per heavy atom. The van der Waals surface area contributed by atoms with E-state index >= 15 is 0 Å². The van der Waals surface area contributed by atoms with Gasteiger partial charge in [0.2, 0.25) is 11.6 Å². The van der Waals surface area contributed by atoms with E-state index < -0.39 is 4.92 Å². The minimum atomic E-state index is -0.507. The molecule has 1 N–H and O–H groups in total. The first-order chi connectivity index (χ1) is 11.7. The summed E-state index contributed by atoms with van der Waals surface area (Å²) in [7, 11) is 0. The van der Waals surface area contributed by atoms with Crippen LogP contribution in [0.5, 0.6) is 11.6 Å². The fourth-order valence-corrected chi connectivity index (χ4v) is 2.32. The van der Waals surface area contributed by atoms with Crippen molar-refractivity contribution in [3.05, 3.63) is 45.6 Å². The number of hydrogen-bond donors (Lipinski definition) is 1. The highest BCUT2D eigenvalue weighted by atomic mass is 16.6. The summed E-state index contributed by atoms with van der Waals surface area (Å²) in [4.78, 5) is 23.0. The summed E-state index contributed by atoms with van der Waals surface area (Å²) < 4.78 is 7.37. The van der Waals surface area contributed by atoms with E-state index in [1.165, 1.54) is 12.1 Å². The van der Waals surface area contributed by atoms with Crippen LogP contribution >= 0.6 is 0 Å². The van der Waals surface area contributed by atoms with E-state index in [2.05, 4.69) is 10.4 Å². The zero-order chi connectivity index (χ0) is 18.7. The molecule has 1 amide bonds. The molecular weight excluding hydrogens is 324 g/mol. The minimum absolute atomic E-state index is 0.0318. The molecule has 1 heterocycles. The van der Waals surface area contributed by atoms with Crippen molar-refractivity contribution in [1.82, 2.24) is 15.1 Å². The molecule has 25 heavy (non-hydrogen) atoms. The third-order valence-corrected chi connectivity index (χ3v) is 3.48. The second-order valence-electron chi connectivity index (χ2n) is 6.27. The van der Waals surface area contributed by atoms with Gasteiger partial charge in [0.15, 0.2) is 5.69 Å². The van der Waals surface area contributed by atoms with Crippen molar-refractivity contribution >= 4 is 11.6 Å². The molecule has 0 fully saturated rings. The van der Waals surface area contributed by atoms with Crippen molar-refractivity contribution in [2.75, 3.05) is 0 Å². The number of carbonyl (C=O) groups excluding carboxylic acids is 1. The Morgan fingerprint density at radius 2 is 1.92 bits per heavy atom.